The molecule has 0 aliphatic rings. The van der Waals surface area contributed by atoms with Gasteiger partial charge in [0.25, 0.3) is 5.56 Å². The molecule has 0 aromatic carbocycles. The number of hydrogen-bond donors (Lipinski definition) is 1. The van der Waals surface area contributed by atoms with Crippen molar-refractivity contribution in [1.29, 1.82) is 0 Å². The molecular formula is C14H16ClN3O3. The maximum atomic E-state index is 11.9. The lowest BCUT2D eigenvalue weighted by atomic mass is 10.3. The van der Waals surface area contributed by atoms with Gasteiger partial charge in [-0.05, 0) is 32.0 Å². The van der Waals surface area contributed by atoms with E-state index in [2.05, 4.69) is 10.4 Å². The number of carbonyl (C=O) groups excluding carboxylic acids is 1. The summed E-state index contributed by atoms with van der Waals surface area (Å²) >= 11 is 5.67. The molecule has 0 fully saturated rings. The van der Waals surface area contributed by atoms with Crippen LogP contribution in [0.1, 0.15) is 19.9 Å². The van der Waals surface area contributed by atoms with Crippen molar-refractivity contribution in [2.45, 2.75) is 25.3 Å². The van der Waals surface area contributed by atoms with Gasteiger partial charge in [0, 0.05) is 12.6 Å². The Kier molecular flexibility index (Phi) is 4.80. The minimum absolute atomic E-state index is 0.244. The predicted molar refractivity (Wildman–Crippen MR) is 79.2 cm³/mol. The number of alkyl halides is 1. The zero-order valence-electron chi connectivity index (χ0n) is 11.7. The average molecular weight is 310 g/mol. The van der Waals surface area contributed by atoms with E-state index in [1.165, 1.54) is 17.0 Å². The van der Waals surface area contributed by atoms with Crippen LogP contribution in [0, 0.1) is 0 Å². The van der Waals surface area contributed by atoms with Crippen LogP contribution in [0.4, 0.5) is 0 Å². The summed E-state index contributed by atoms with van der Waals surface area (Å²) < 4.78 is 6.58. The maximum Gasteiger partial charge on any atom is 0.267 e. The number of carbonyl (C=O) groups is 1. The van der Waals surface area contributed by atoms with Crippen molar-refractivity contribution in [3.05, 3.63) is 40.9 Å². The van der Waals surface area contributed by atoms with Crippen LogP contribution < -0.4 is 10.9 Å². The Bertz CT molecular complexity index is 664. The molecule has 7 heteroatoms. The van der Waals surface area contributed by atoms with Crippen LogP contribution >= 0.6 is 11.6 Å². The number of halogens is 1. The van der Waals surface area contributed by atoms with Gasteiger partial charge in [0.1, 0.15) is 11.1 Å². The third-order valence-electron chi connectivity index (χ3n) is 2.95. The molecule has 2 aromatic heterocycles. The molecule has 0 aliphatic heterocycles. The molecule has 0 bridgehead atoms. The summed E-state index contributed by atoms with van der Waals surface area (Å²) in [4.78, 5) is 23.3. The highest BCUT2D eigenvalue weighted by Crippen LogP contribution is 2.15. The molecule has 0 saturated carbocycles. The van der Waals surface area contributed by atoms with Crippen molar-refractivity contribution in [3.63, 3.8) is 0 Å². The third kappa shape index (κ3) is 3.72. The van der Waals surface area contributed by atoms with Crippen molar-refractivity contribution in [2.75, 3.05) is 6.54 Å². The van der Waals surface area contributed by atoms with Crippen molar-refractivity contribution in [2.24, 2.45) is 0 Å². The molecule has 6 nitrogen and oxygen atoms in total. The molecule has 0 radical (unpaired) electrons. The average Bonchev–Trinajstić information content (AvgIpc) is 2.98. The quantitative estimate of drug-likeness (QED) is 0.855. The van der Waals surface area contributed by atoms with E-state index in [0.29, 0.717) is 11.5 Å². The standard InChI is InChI=1S/C14H16ClN3O3/c1-9(8-16-14(20)10(2)15)18-13(19)6-5-11(17-18)12-4-3-7-21-12/h3-7,9-10H,8H2,1-2H3,(H,16,20). The number of aromatic nitrogens is 2. The van der Waals surface area contributed by atoms with E-state index < -0.39 is 5.38 Å². The van der Waals surface area contributed by atoms with E-state index in [1.54, 1.807) is 32.0 Å². The largest absolute Gasteiger partial charge is 0.463 e. The fourth-order valence-corrected chi connectivity index (χ4v) is 1.85. The molecule has 0 aliphatic carbocycles. The van der Waals surface area contributed by atoms with E-state index in [-0.39, 0.29) is 24.1 Å². The summed E-state index contributed by atoms with van der Waals surface area (Å²) in [5.74, 6) is 0.299. The zero-order valence-corrected chi connectivity index (χ0v) is 12.5. The number of rotatable bonds is 5. The number of nitrogens with zero attached hydrogens (tertiary/aromatic N) is 2. The number of hydrogen-bond acceptors (Lipinski definition) is 4. The monoisotopic (exact) mass is 309 g/mol. The van der Waals surface area contributed by atoms with Gasteiger partial charge in [-0.3, -0.25) is 9.59 Å². The zero-order chi connectivity index (χ0) is 15.4. The van der Waals surface area contributed by atoms with Crippen molar-refractivity contribution < 1.29 is 9.21 Å². The normalized spacial score (nSPS) is 13.7. The molecule has 1 amide bonds. The second-order valence-electron chi connectivity index (χ2n) is 4.69. The first-order valence-electron chi connectivity index (χ1n) is 6.54. The van der Waals surface area contributed by atoms with Gasteiger partial charge in [-0.2, -0.15) is 5.10 Å². The number of amides is 1. The van der Waals surface area contributed by atoms with Gasteiger partial charge in [-0.1, -0.05) is 0 Å². The van der Waals surface area contributed by atoms with Crippen molar-refractivity contribution in [3.8, 4) is 11.5 Å². The topological polar surface area (TPSA) is 77.1 Å². The summed E-state index contributed by atoms with van der Waals surface area (Å²) in [6, 6.07) is 6.24. The van der Waals surface area contributed by atoms with Crippen LogP contribution in [0.3, 0.4) is 0 Å². The summed E-state index contributed by atoms with van der Waals surface area (Å²) in [5, 5.41) is 6.32. The lowest BCUT2D eigenvalue weighted by molar-refractivity contribution is -0.120. The van der Waals surface area contributed by atoms with Crippen molar-refractivity contribution in [1.82, 2.24) is 15.1 Å². The molecular weight excluding hydrogens is 294 g/mol. The van der Waals surface area contributed by atoms with Gasteiger partial charge in [0.2, 0.25) is 5.91 Å². The molecule has 1 N–H and O–H groups in total. The second-order valence-corrected chi connectivity index (χ2v) is 5.34. The molecule has 2 aromatic rings. The Hall–Kier alpha value is -2.08. The lowest BCUT2D eigenvalue weighted by Crippen LogP contribution is -2.37. The Balaban J connectivity index is 2.17. The predicted octanol–water partition coefficient (Wildman–Crippen LogP) is 1.81. The molecule has 0 saturated heterocycles. The van der Waals surface area contributed by atoms with Gasteiger partial charge >= 0.3 is 0 Å². The Morgan fingerprint density at radius 3 is 2.81 bits per heavy atom. The van der Waals surface area contributed by atoms with E-state index in [9.17, 15) is 9.59 Å². The minimum atomic E-state index is -0.615. The maximum absolute atomic E-state index is 11.9. The molecule has 2 heterocycles. The molecule has 2 unspecified atom stereocenters. The van der Waals surface area contributed by atoms with Gasteiger partial charge in [-0.15, -0.1) is 11.6 Å². The summed E-state index contributed by atoms with van der Waals surface area (Å²) in [7, 11) is 0. The van der Waals surface area contributed by atoms with E-state index in [4.69, 9.17) is 16.0 Å². The fraction of sp³-hybridized carbons (Fsp3) is 0.357. The van der Waals surface area contributed by atoms with E-state index in [0.717, 1.165) is 0 Å². The van der Waals surface area contributed by atoms with E-state index >= 15 is 0 Å². The highest BCUT2D eigenvalue weighted by molar-refractivity contribution is 6.30. The van der Waals surface area contributed by atoms with Crippen LogP contribution in [-0.2, 0) is 4.79 Å². The third-order valence-corrected chi connectivity index (χ3v) is 3.15. The molecule has 2 rings (SSSR count). The molecule has 0 spiro atoms. The second kappa shape index (κ2) is 6.58. The Labute approximate surface area is 126 Å². The first-order valence-corrected chi connectivity index (χ1v) is 6.98. The van der Waals surface area contributed by atoms with Gasteiger partial charge < -0.3 is 9.73 Å². The number of nitrogens with one attached hydrogen (secondary N) is 1. The highest BCUT2D eigenvalue weighted by atomic mass is 35.5. The first kappa shape index (κ1) is 15.3. The summed E-state index contributed by atoms with van der Waals surface area (Å²) in [5.41, 5.74) is 0.314. The van der Waals surface area contributed by atoms with Crippen LogP contribution in [0.25, 0.3) is 11.5 Å². The minimum Gasteiger partial charge on any atom is -0.463 e. The van der Waals surface area contributed by atoms with Crippen LogP contribution in [0.2, 0.25) is 0 Å². The fourth-order valence-electron chi connectivity index (χ4n) is 1.77. The lowest BCUT2D eigenvalue weighted by Gasteiger charge is -2.15. The van der Waals surface area contributed by atoms with Crippen molar-refractivity contribution >= 4 is 17.5 Å². The number of furan rings is 1. The molecule has 112 valence electrons. The van der Waals surface area contributed by atoms with Gasteiger partial charge in [-0.25, -0.2) is 4.68 Å². The molecule has 21 heavy (non-hydrogen) atoms. The Morgan fingerprint density at radius 2 is 2.19 bits per heavy atom. The highest BCUT2D eigenvalue weighted by Gasteiger charge is 2.14. The smallest absolute Gasteiger partial charge is 0.267 e. The summed E-state index contributed by atoms with van der Waals surface area (Å²) in [6.07, 6.45) is 1.54. The van der Waals surface area contributed by atoms with Crippen LogP contribution in [-0.4, -0.2) is 27.6 Å². The Morgan fingerprint density at radius 1 is 1.43 bits per heavy atom. The van der Waals surface area contributed by atoms with Crippen LogP contribution in [0.15, 0.2) is 39.7 Å². The molecule has 2 atom stereocenters. The van der Waals surface area contributed by atoms with E-state index in [1.807, 2.05) is 0 Å². The van der Waals surface area contributed by atoms with Gasteiger partial charge in [0.15, 0.2) is 5.76 Å². The SMILES string of the molecule is CC(Cl)C(=O)NCC(C)n1nc(-c2ccco2)ccc1=O. The van der Waals surface area contributed by atoms with Crippen LogP contribution in [0.5, 0.6) is 0 Å². The van der Waals surface area contributed by atoms with Gasteiger partial charge in [0.05, 0.1) is 12.3 Å². The summed E-state index contributed by atoms with van der Waals surface area (Å²) in [6.45, 7) is 3.65. The first-order chi connectivity index (χ1) is 9.99.